The van der Waals surface area contributed by atoms with Crippen LogP contribution in [-0.4, -0.2) is 44.7 Å². The lowest BCUT2D eigenvalue weighted by Gasteiger charge is -2.24. The first-order valence-electron chi connectivity index (χ1n) is 7.05. The third-order valence-electron chi connectivity index (χ3n) is 3.36. The maximum absolute atomic E-state index is 12.2. The highest BCUT2D eigenvalue weighted by Crippen LogP contribution is 2.27. The van der Waals surface area contributed by atoms with Crippen LogP contribution in [0.15, 0.2) is 0 Å². The minimum atomic E-state index is -0.161. The molecular formula is C14H26N4O2S. The van der Waals surface area contributed by atoms with Crippen molar-refractivity contribution in [1.29, 1.82) is 0 Å². The van der Waals surface area contributed by atoms with Crippen LogP contribution in [0.3, 0.4) is 0 Å². The molecule has 0 radical (unpaired) electrons. The zero-order chi connectivity index (χ0) is 16.0. The molecule has 120 valence electrons. The number of ether oxygens (including phenoxy) is 1. The zero-order valence-electron chi connectivity index (χ0n) is 13.5. The van der Waals surface area contributed by atoms with Crippen LogP contribution in [0.2, 0.25) is 0 Å². The number of carbonyl (C=O) groups is 1. The van der Waals surface area contributed by atoms with E-state index < -0.39 is 0 Å². The van der Waals surface area contributed by atoms with Gasteiger partial charge >= 0.3 is 0 Å². The van der Waals surface area contributed by atoms with E-state index in [0.717, 1.165) is 18.1 Å². The van der Waals surface area contributed by atoms with E-state index in [1.54, 1.807) is 7.11 Å². The molecule has 0 saturated carbocycles. The third kappa shape index (κ3) is 5.17. The lowest BCUT2D eigenvalue weighted by atomic mass is 9.90. The summed E-state index contributed by atoms with van der Waals surface area (Å²) in [5.74, 6) is 0.133. The lowest BCUT2D eigenvalue weighted by Crippen LogP contribution is -2.34. The van der Waals surface area contributed by atoms with Crippen molar-refractivity contribution < 1.29 is 9.53 Å². The average Bonchev–Trinajstić information content (AvgIpc) is 2.84. The molecule has 0 aliphatic rings. The summed E-state index contributed by atoms with van der Waals surface area (Å²) in [5.41, 5.74) is 5.83. The van der Waals surface area contributed by atoms with Crippen molar-refractivity contribution in [3.05, 3.63) is 4.88 Å². The number of nitrogen functional groups attached to an aromatic ring is 1. The normalized spacial score (nSPS) is 11.5. The van der Waals surface area contributed by atoms with Crippen molar-refractivity contribution in [2.75, 3.05) is 44.5 Å². The van der Waals surface area contributed by atoms with Crippen molar-refractivity contribution in [3.63, 3.8) is 0 Å². The number of amides is 1. The van der Waals surface area contributed by atoms with Crippen LogP contribution in [0.1, 0.15) is 36.9 Å². The quantitative estimate of drug-likeness (QED) is 0.767. The number of nitrogens with two attached hydrogens (primary N) is 1. The Balaban J connectivity index is 2.66. The molecule has 0 aliphatic heterocycles. The highest BCUT2D eigenvalue weighted by atomic mass is 32.1. The molecule has 0 aromatic carbocycles. The monoisotopic (exact) mass is 314 g/mol. The van der Waals surface area contributed by atoms with Crippen molar-refractivity contribution in [3.8, 4) is 0 Å². The number of nitrogens with one attached hydrogen (secondary N) is 1. The maximum Gasteiger partial charge on any atom is 0.265 e. The van der Waals surface area contributed by atoms with Crippen LogP contribution < -0.4 is 16.0 Å². The molecule has 3 N–H and O–H groups in total. The van der Waals surface area contributed by atoms with Gasteiger partial charge in [-0.15, -0.1) is 0 Å². The molecule has 0 unspecified atom stereocenters. The number of hydrogen-bond acceptors (Lipinski definition) is 6. The largest absolute Gasteiger partial charge is 0.385 e. The van der Waals surface area contributed by atoms with Gasteiger partial charge in [-0.1, -0.05) is 25.2 Å². The van der Waals surface area contributed by atoms with E-state index in [1.807, 2.05) is 18.9 Å². The van der Waals surface area contributed by atoms with Crippen LogP contribution in [0, 0.1) is 5.41 Å². The summed E-state index contributed by atoms with van der Waals surface area (Å²) in [6, 6.07) is 0. The van der Waals surface area contributed by atoms with Crippen molar-refractivity contribution >= 4 is 28.2 Å². The van der Waals surface area contributed by atoms with Gasteiger partial charge in [0.2, 0.25) is 0 Å². The minimum Gasteiger partial charge on any atom is -0.385 e. The molecule has 0 atom stereocenters. The van der Waals surface area contributed by atoms with Gasteiger partial charge in [0.1, 0.15) is 10.7 Å². The topological polar surface area (TPSA) is 80.5 Å². The van der Waals surface area contributed by atoms with Crippen LogP contribution in [-0.2, 0) is 4.74 Å². The zero-order valence-corrected chi connectivity index (χ0v) is 14.3. The molecule has 1 aromatic heterocycles. The summed E-state index contributed by atoms with van der Waals surface area (Å²) in [5, 5.41) is 3.70. The minimum absolute atomic E-state index is 0.0197. The van der Waals surface area contributed by atoms with Gasteiger partial charge in [-0.2, -0.15) is 0 Å². The highest BCUT2D eigenvalue weighted by molar-refractivity contribution is 7.18. The fourth-order valence-electron chi connectivity index (χ4n) is 1.65. The fourth-order valence-corrected chi connectivity index (χ4v) is 2.57. The average molecular weight is 314 g/mol. The summed E-state index contributed by atoms with van der Waals surface area (Å²) in [6.07, 6.45) is 0.881. The maximum atomic E-state index is 12.2. The van der Waals surface area contributed by atoms with Gasteiger partial charge in [0.25, 0.3) is 5.91 Å². The number of nitrogens with zero attached hydrogens (tertiary/aromatic N) is 2. The molecular weight excluding hydrogens is 288 g/mol. The molecule has 0 bridgehead atoms. The number of anilines is 2. The van der Waals surface area contributed by atoms with Crippen LogP contribution in [0.4, 0.5) is 10.9 Å². The second kappa shape index (κ2) is 7.61. The summed E-state index contributed by atoms with van der Waals surface area (Å²) < 4.78 is 5.08. The predicted molar refractivity (Wildman–Crippen MR) is 88.1 cm³/mol. The van der Waals surface area contributed by atoms with Crippen LogP contribution in [0.5, 0.6) is 0 Å². The van der Waals surface area contributed by atoms with Gasteiger partial charge in [0, 0.05) is 33.9 Å². The Morgan fingerprint density at radius 1 is 1.52 bits per heavy atom. The smallest absolute Gasteiger partial charge is 0.265 e. The molecule has 1 amide bonds. The van der Waals surface area contributed by atoms with E-state index in [9.17, 15) is 4.79 Å². The van der Waals surface area contributed by atoms with Gasteiger partial charge in [-0.05, 0) is 18.8 Å². The Bertz CT molecular complexity index is 474. The first-order valence-corrected chi connectivity index (χ1v) is 7.87. The Morgan fingerprint density at radius 3 is 2.76 bits per heavy atom. The number of methoxy groups -OCH3 is 1. The van der Waals surface area contributed by atoms with Gasteiger partial charge in [-0.3, -0.25) is 4.79 Å². The molecule has 1 rings (SSSR count). The third-order valence-corrected chi connectivity index (χ3v) is 4.54. The van der Waals surface area contributed by atoms with Crippen LogP contribution >= 0.6 is 11.3 Å². The van der Waals surface area contributed by atoms with E-state index in [4.69, 9.17) is 10.5 Å². The Kier molecular flexibility index (Phi) is 6.42. The molecule has 0 spiro atoms. The van der Waals surface area contributed by atoms with E-state index in [0.29, 0.717) is 23.8 Å². The number of hydrogen-bond donors (Lipinski definition) is 2. The summed E-state index contributed by atoms with van der Waals surface area (Å²) in [7, 11) is 3.60. The lowest BCUT2D eigenvalue weighted by molar-refractivity contribution is 0.0925. The second-order valence-corrected chi connectivity index (χ2v) is 6.79. The van der Waals surface area contributed by atoms with Crippen LogP contribution in [0.25, 0.3) is 0 Å². The molecule has 0 saturated heterocycles. The summed E-state index contributed by atoms with van der Waals surface area (Å²) in [6.45, 7) is 8.29. The predicted octanol–water partition coefficient (Wildman–Crippen LogP) is 1.97. The molecule has 6 nitrogen and oxygen atoms in total. The first kappa shape index (κ1) is 17.7. The highest BCUT2D eigenvalue weighted by Gasteiger charge is 2.22. The molecule has 0 fully saturated rings. The Labute approximate surface area is 130 Å². The SMILES string of the molecule is CCN(C)c1nc(N)c(C(=O)NCC(C)(C)CCOC)s1. The van der Waals surface area contributed by atoms with E-state index in [2.05, 4.69) is 24.1 Å². The molecule has 1 aromatic rings. The molecule has 1 heterocycles. The summed E-state index contributed by atoms with van der Waals surface area (Å²) >= 11 is 1.32. The molecule has 7 heteroatoms. The second-order valence-electron chi connectivity index (χ2n) is 5.81. The van der Waals surface area contributed by atoms with Gasteiger partial charge in [0.05, 0.1) is 0 Å². The molecule has 21 heavy (non-hydrogen) atoms. The summed E-state index contributed by atoms with van der Waals surface area (Å²) in [4.78, 5) is 18.9. The fraction of sp³-hybridized carbons (Fsp3) is 0.714. The van der Waals surface area contributed by atoms with Crippen molar-refractivity contribution in [2.45, 2.75) is 27.2 Å². The first-order chi connectivity index (χ1) is 9.80. The number of thiazole rings is 1. The Hall–Kier alpha value is -1.34. The van der Waals surface area contributed by atoms with Crippen molar-refractivity contribution in [1.82, 2.24) is 10.3 Å². The molecule has 0 aliphatic carbocycles. The van der Waals surface area contributed by atoms with Crippen molar-refractivity contribution in [2.24, 2.45) is 5.41 Å². The number of rotatable bonds is 8. The Morgan fingerprint density at radius 2 is 2.19 bits per heavy atom. The van der Waals surface area contributed by atoms with Gasteiger partial charge in [-0.25, -0.2) is 4.98 Å². The van der Waals surface area contributed by atoms with Gasteiger partial charge in [0.15, 0.2) is 5.13 Å². The number of aromatic nitrogens is 1. The van der Waals surface area contributed by atoms with Gasteiger partial charge < -0.3 is 20.7 Å². The van der Waals surface area contributed by atoms with E-state index in [-0.39, 0.29) is 11.3 Å². The standard InChI is InChI=1S/C14H26N4O2S/c1-6-18(4)13-17-11(15)10(21-13)12(19)16-9-14(2,3)7-8-20-5/h6-9,15H2,1-5H3,(H,16,19). The van der Waals surface area contributed by atoms with E-state index in [1.165, 1.54) is 11.3 Å². The number of carbonyl (C=O) groups excluding carboxylic acids is 1. The van der Waals surface area contributed by atoms with E-state index >= 15 is 0 Å².